The molecule has 2 nitrogen and oxygen atoms in total. The fraction of sp³-hybridized carbons (Fsp3) is 0. The van der Waals surface area contributed by atoms with Crippen molar-refractivity contribution < 1.29 is 69.0 Å². The second kappa shape index (κ2) is 9.06. The second-order valence-electron chi connectivity index (χ2n) is 1.63. The van der Waals surface area contributed by atoms with Gasteiger partial charge in [0.2, 0.25) is 0 Å². The Labute approximate surface area is 115 Å². The van der Waals surface area contributed by atoms with Crippen LogP contribution in [-0.2, 0) is 21.1 Å². The molecule has 0 saturated carbocycles. The molecular formula is C6H8I2N2Pt. The van der Waals surface area contributed by atoms with Gasteiger partial charge in [0.15, 0.2) is 0 Å². The van der Waals surface area contributed by atoms with E-state index in [0.29, 0.717) is 11.4 Å². The van der Waals surface area contributed by atoms with Crippen LogP contribution in [0.25, 0.3) is 0 Å². The third kappa shape index (κ3) is 6.16. The van der Waals surface area contributed by atoms with E-state index in [9.17, 15) is 0 Å². The molecule has 0 unspecified atom stereocenters. The van der Waals surface area contributed by atoms with Crippen molar-refractivity contribution in [1.29, 1.82) is 0 Å². The van der Waals surface area contributed by atoms with Crippen LogP contribution < -0.4 is 59.4 Å². The molecule has 1 rings (SSSR count). The molecule has 66 valence electrons. The molecule has 0 atom stereocenters. The van der Waals surface area contributed by atoms with E-state index in [-0.39, 0.29) is 69.0 Å². The summed E-state index contributed by atoms with van der Waals surface area (Å²) in [6.07, 6.45) is 0. The molecule has 0 aliphatic carbocycles. The number of nitrogen functional groups attached to an aromatic ring is 2. The predicted octanol–water partition coefficient (Wildman–Crippen LogP) is -5.14. The Bertz CT molecular complexity index is 175. The molecule has 0 aliphatic heterocycles. The minimum absolute atomic E-state index is 0. The van der Waals surface area contributed by atoms with Crippen molar-refractivity contribution in [3.8, 4) is 0 Å². The average Bonchev–Trinajstić information content (AvgIpc) is 1.77. The van der Waals surface area contributed by atoms with Crippen molar-refractivity contribution >= 4 is 11.4 Å². The first-order chi connectivity index (χ1) is 3.80. The molecule has 0 bridgehead atoms. The third-order valence-corrected chi connectivity index (χ3v) is 0.996. The molecule has 0 aliphatic rings. The smallest absolute Gasteiger partial charge is 1.00 e. The summed E-state index contributed by atoms with van der Waals surface area (Å²) < 4.78 is 0. The number of hydrogen-bond donors (Lipinski definition) is 2. The van der Waals surface area contributed by atoms with E-state index in [1.807, 2.05) is 12.1 Å². The predicted molar refractivity (Wildman–Crippen MR) is 35.3 cm³/mol. The van der Waals surface area contributed by atoms with Gasteiger partial charge in [0.1, 0.15) is 0 Å². The molecule has 0 heterocycles. The number of benzene rings is 1. The molecule has 0 amide bonds. The van der Waals surface area contributed by atoms with E-state index >= 15 is 0 Å². The molecule has 0 fully saturated rings. The van der Waals surface area contributed by atoms with Gasteiger partial charge in [0.05, 0.1) is 11.4 Å². The first-order valence-electron chi connectivity index (χ1n) is 2.40. The van der Waals surface area contributed by atoms with Gasteiger partial charge in [-0.25, -0.2) is 0 Å². The third-order valence-electron chi connectivity index (χ3n) is 0.996. The van der Waals surface area contributed by atoms with Crippen molar-refractivity contribution in [3.63, 3.8) is 0 Å². The number of para-hydroxylation sites is 2. The summed E-state index contributed by atoms with van der Waals surface area (Å²) >= 11 is 0. The zero-order chi connectivity index (χ0) is 5.98. The van der Waals surface area contributed by atoms with Gasteiger partial charge in [0.25, 0.3) is 0 Å². The molecule has 11 heavy (non-hydrogen) atoms. The molecule has 0 spiro atoms. The SMILES string of the molecule is Nc1ccccc1N.[I-].[I-].[Pt+2]. The Kier molecular flexibility index (Phi) is 14.7. The monoisotopic (exact) mass is 557 g/mol. The largest absolute Gasteiger partial charge is 2.00 e. The van der Waals surface area contributed by atoms with Crippen LogP contribution in [0, 0.1) is 0 Å². The summed E-state index contributed by atoms with van der Waals surface area (Å²) in [6, 6.07) is 7.25. The van der Waals surface area contributed by atoms with Crippen molar-refractivity contribution in [2.24, 2.45) is 0 Å². The average molecular weight is 557 g/mol. The van der Waals surface area contributed by atoms with E-state index in [1.54, 1.807) is 12.1 Å². The van der Waals surface area contributed by atoms with Crippen LogP contribution in [0.15, 0.2) is 24.3 Å². The Morgan fingerprint density at radius 3 is 1.27 bits per heavy atom. The minimum atomic E-state index is 0. The molecular weight excluding hydrogens is 549 g/mol. The first-order valence-corrected chi connectivity index (χ1v) is 2.40. The van der Waals surface area contributed by atoms with Crippen LogP contribution >= 0.6 is 0 Å². The van der Waals surface area contributed by atoms with E-state index in [2.05, 4.69) is 0 Å². The van der Waals surface area contributed by atoms with Gasteiger partial charge >= 0.3 is 21.1 Å². The number of halogens is 2. The van der Waals surface area contributed by atoms with E-state index < -0.39 is 0 Å². The van der Waals surface area contributed by atoms with Crippen LogP contribution in [0.2, 0.25) is 0 Å². The number of hydrogen-bond acceptors (Lipinski definition) is 2. The zero-order valence-corrected chi connectivity index (χ0v) is 12.1. The van der Waals surface area contributed by atoms with Crippen molar-refractivity contribution in [2.75, 3.05) is 11.5 Å². The molecule has 0 radical (unpaired) electrons. The van der Waals surface area contributed by atoms with Gasteiger partial charge in [-0.05, 0) is 12.1 Å². The zero-order valence-electron chi connectivity index (χ0n) is 5.54. The van der Waals surface area contributed by atoms with Crippen molar-refractivity contribution in [1.82, 2.24) is 0 Å². The Morgan fingerprint density at radius 1 is 0.818 bits per heavy atom. The summed E-state index contributed by atoms with van der Waals surface area (Å²) in [5, 5.41) is 0. The normalized spacial score (nSPS) is 6.55. The van der Waals surface area contributed by atoms with Crippen LogP contribution in [0.5, 0.6) is 0 Å². The van der Waals surface area contributed by atoms with Crippen LogP contribution in [0.3, 0.4) is 0 Å². The molecule has 5 heteroatoms. The molecule has 1 aromatic rings. The van der Waals surface area contributed by atoms with Gasteiger partial charge in [-0.15, -0.1) is 0 Å². The van der Waals surface area contributed by atoms with Gasteiger partial charge in [-0.2, -0.15) is 0 Å². The van der Waals surface area contributed by atoms with Crippen LogP contribution in [-0.4, -0.2) is 0 Å². The van der Waals surface area contributed by atoms with Gasteiger partial charge in [-0.3, -0.25) is 0 Å². The fourth-order valence-corrected chi connectivity index (χ4v) is 0.511. The van der Waals surface area contributed by atoms with E-state index in [4.69, 9.17) is 11.5 Å². The molecule has 0 saturated heterocycles. The molecule has 1 aromatic carbocycles. The summed E-state index contributed by atoms with van der Waals surface area (Å²) in [4.78, 5) is 0. The molecule has 0 aromatic heterocycles. The van der Waals surface area contributed by atoms with Crippen LogP contribution in [0.4, 0.5) is 11.4 Å². The van der Waals surface area contributed by atoms with E-state index in [1.165, 1.54) is 0 Å². The standard InChI is InChI=1S/C6H8N2.2HI.Pt/c7-5-3-1-2-4-6(5)8;;;/h1-4H,7-8H2;2*1H;/q;;;+2/p-2. The second-order valence-corrected chi connectivity index (χ2v) is 1.63. The molecule has 4 N–H and O–H groups in total. The number of nitrogens with two attached hydrogens (primary N) is 2. The van der Waals surface area contributed by atoms with Crippen molar-refractivity contribution in [3.05, 3.63) is 24.3 Å². The van der Waals surface area contributed by atoms with Crippen molar-refractivity contribution in [2.45, 2.75) is 0 Å². The summed E-state index contributed by atoms with van der Waals surface area (Å²) in [6.45, 7) is 0. The van der Waals surface area contributed by atoms with Gasteiger partial charge in [0, 0.05) is 0 Å². The quantitative estimate of drug-likeness (QED) is 0.248. The summed E-state index contributed by atoms with van der Waals surface area (Å²) in [5.41, 5.74) is 12.1. The minimum Gasteiger partial charge on any atom is -1.00 e. The maximum absolute atomic E-state index is 5.39. The fourth-order valence-electron chi connectivity index (χ4n) is 0.511. The van der Waals surface area contributed by atoms with E-state index in [0.717, 1.165) is 0 Å². The summed E-state index contributed by atoms with van der Waals surface area (Å²) in [5.74, 6) is 0. The Morgan fingerprint density at radius 2 is 1.09 bits per heavy atom. The maximum atomic E-state index is 5.39. The number of rotatable bonds is 0. The Balaban J connectivity index is -0.000000213. The Hall–Kier alpha value is 0.968. The maximum Gasteiger partial charge on any atom is 2.00 e. The summed E-state index contributed by atoms with van der Waals surface area (Å²) in [7, 11) is 0. The topological polar surface area (TPSA) is 52.0 Å². The van der Waals surface area contributed by atoms with Gasteiger partial charge in [-0.1, -0.05) is 12.1 Å². The van der Waals surface area contributed by atoms with Crippen LogP contribution in [0.1, 0.15) is 0 Å². The first kappa shape index (κ1) is 17.9. The number of anilines is 2. The van der Waals surface area contributed by atoms with Gasteiger partial charge < -0.3 is 59.4 Å².